The average molecular weight is 341 g/mol. The molecule has 17 heavy (non-hydrogen) atoms. The fraction of sp³-hybridized carbons (Fsp3) is 0. The molecule has 0 radical (unpaired) electrons. The SMILES string of the molecule is C=Cn1nnc(NC(=O)c2ccc(I)cc2)n1. The number of anilines is 1. The van der Waals surface area contributed by atoms with Crippen molar-refractivity contribution in [3.63, 3.8) is 0 Å². The lowest BCUT2D eigenvalue weighted by molar-refractivity contribution is 0.102. The predicted molar refractivity (Wildman–Crippen MR) is 71.3 cm³/mol. The van der Waals surface area contributed by atoms with Gasteiger partial charge in [-0.2, -0.15) is 0 Å². The summed E-state index contributed by atoms with van der Waals surface area (Å²) in [6, 6.07) is 7.16. The molecule has 0 saturated carbocycles. The van der Waals surface area contributed by atoms with E-state index in [1.54, 1.807) is 12.1 Å². The number of hydrogen-bond acceptors (Lipinski definition) is 4. The number of aromatic nitrogens is 4. The molecule has 0 spiro atoms. The number of nitrogens with zero attached hydrogens (tertiary/aromatic N) is 4. The fourth-order valence-electron chi connectivity index (χ4n) is 1.13. The van der Waals surface area contributed by atoms with Crippen LogP contribution < -0.4 is 5.32 Å². The van der Waals surface area contributed by atoms with E-state index in [2.05, 4.69) is 49.9 Å². The second-order valence-electron chi connectivity index (χ2n) is 3.08. The van der Waals surface area contributed by atoms with Gasteiger partial charge in [-0.25, -0.2) is 0 Å². The van der Waals surface area contributed by atoms with Crippen LogP contribution in [0.2, 0.25) is 0 Å². The molecule has 2 rings (SSSR count). The van der Waals surface area contributed by atoms with Gasteiger partial charge >= 0.3 is 0 Å². The van der Waals surface area contributed by atoms with Crippen LogP contribution in [0.15, 0.2) is 30.8 Å². The van der Waals surface area contributed by atoms with Crippen molar-refractivity contribution >= 4 is 40.6 Å². The molecule has 0 aliphatic rings. The van der Waals surface area contributed by atoms with Crippen molar-refractivity contribution in [1.29, 1.82) is 0 Å². The summed E-state index contributed by atoms with van der Waals surface area (Å²) >= 11 is 2.17. The quantitative estimate of drug-likeness (QED) is 0.862. The molecule has 0 unspecified atom stereocenters. The molecule has 0 atom stereocenters. The van der Waals surface area contributed by atoms with Crippen LogP contribution in [0, 0.1) is 3.57 Å². The number of tetrazole rings is 1. The fourth-order valence-corrected chi connectivity index (χ4v) is 1.49. The Hall–Kier alpha value is -1.77. The van der Waals surface area contributed by atoms with E-state index in [1.165, 1.54) is 11.0 Å². The van der Waals surface area contributed by atoms with E-state index in [-0.39, 0.29) is 11.9 Å². The first-order valence-electron chi connectivity index (χ1n) is 4.68. The summed E-state index contributed by atoms with van der Waals surface area (Å²) in [5.74, 6) is -0.126. The molecule has 86 valence electrons. The van der Waals surface area contributed by atoms with Crippen LogP contribution in [0.4, 0.5) is 5.95 Å². The summed E-state index contributed by atoms with van der Waals surface area (Å²) < 4.78 is 1.06. The topological polar surface area (TPSA) is 72.7 Å². The first-order chi connectivity index (χ1) is 8.19. The molecule has 0 saturated heterocycles. The molecular weight excluding hydrogens is 333 g/mol. The van der Waals surface area contributed by atoms with Crippen LogP contribution in [-0.4, -0.2) is 26.1 Å². The number of carbonyl (C=O) groups excluding carboxylic acids is 1. The minimum Gasteiger partial charge on any atom is -0.288 e. The highest BCUT2D eigenvalue weighted by Gasteiger charge is 2.08. The number of rotatable bonds is 3. The van der Waals surface area contributed by atoms with Gasteiger partial charge in [0.15, 0.2) is 0 Å². The second kappa shape index (κ2) is 5.04. The maximum atomic E-state index is 11.8. The zero-order valence-corrected chi connectivity index (χ0v) is 10.8. The maximum absolute atomic E-state index is 11.8. The third kappa shape index (κ3) is 2.87. The lowest BCUT2D eigenvalue weighted by Gasteiger charge is -2.00. The van der Waals surface area contributed by atoms with Crippen molar-refractivity contribution < 1.29 is 4.79 Å². The van der Waals surface area contributed by atoms with Gasteiger partial charge in [-0.1, -0.05) is 11.7 Å². The Morgan fingerprint density at radius 3 is 2.71 bits per heavy atom. The molecule has 0 bridgehead atoms. The van der Waals surface area contributed by atoms with Gasteiger partial charge in [-0.05, 0) is 52.1 Å². The smallest absolute Gasteiger partial charge is 0.270 e. The standard InChI is InChI=1S/C10H8IN5O/c1-2-16-14-10(13-15-16)12-9(17)7-3-5-8(11)6-4-7/h2-6H,1H2,(H,12,14,17). The van der Waals surface area contributed by atoms with Crippen molar-refractivity contribution in [3.05, 3.63) is 40.0 Å². The zero-order chi connectivity index (χ0) is 12.3. The van der Waals surface area contributed by atoms with Crippen LogP contribution in [0.5, 0.6) is 0 Å². The molecule has 1 amide bonds. The highest BCUT2D eigenvalue weighted by Crippen LogP contribution is 2.08. The molecular formula is C10H8IN5O. The van der Waals surface area contributed by atoms with Gasteiger partial charge in [0.2, 0.25) is 0 Å². The number of benzene rings is 1. The molecule has 1 aromatic heterocycles. The van der Waals surface area contributed by atoms with Crippen LogP contribution in [0.3, 0.4) is 0 Å². The Bertz CT molecular complexity index is 548. The van der Waals surface area contributed by atoms with E-state index in [1.807, 2.05) is 12.1 Å². The van der Waals surface area contributed by atoms with Crippen LogP contribution >= 0.6 is 22.6 Å². The molecule has 1 N–H and O–H groups in total. The van der Waals surface area contributed by atoms with Crippen molar-refractivity contribution in [2.45, 2.75) is 0 Å². The minimum absolute atomic E-state index is 0.147. The monoisotopic (exact) mass is 341 g/mol. The largest absolute Gasteiger partial charge is 0.288 e. The number of halogens is 1. The number of nitrogens with one attached hydrogen (secondary N) is 1. The third-order valence-corrected chi connectivity index (χ3v) is 2.64. The summed E-state index contributed by atoms with van der Waals surface area (Å²) in [5.41, 5.74) is 0.542. The third-order valence-electron chi connectivity index (χ3n) is 1.92. The van der Waals surface area contributed by atoms with Gasteiger partial charge in [0.05, 0.1) is 0 Å². The Morgan fingerprint density at radius 2 is 2.12 bits per heavy atom. The molecule has 0 aliphatic carbocycles. The van der Waals surface area contributed by atoms with Crippen molar-refractivity contribution in [2.75, 3.05) is 5.32 Å². The lowest BCUT2D eigenvalue weighted by atomic mass is 10.2. The second-order valence-corrected chi connectivity index (χ2v) is 4.32. The molecule has 0 fully saturated rings. The Labute approximate surface area is 111 Å². The Balaban J connectivity index is 2.11. The van der Waals surface area contributed by atoms with Gasteiger partial charge in [0, 0.05) is 15.3 Å². The first-order valence-corrected chi connectivity index (χ1v) is 5.76. The summed E-state index contributed by atoms with van der Waals surface area (Å²) in [6.07, 6.45) is 1.38. The van der Waals surface area contributed by atoms with Gasteiger partial charge in [0.25, 0.3) is 11.9 Å². The van der Waals surface area contributed by atoms with Gasteiger partial charge in [-0.15, -0.1) is 9.90 Å². The van der Waals surface area contributed by atoms with E-state index in [0.29, 0.717) is 5.56 Å². The van der Waals surface area contributed by atoms with Crippen LogP contribution in [-0.2, 0) is 0 Å². The predicted octanol–water partition coefficient (Wildman–Crippen LogP) is 1.63. The van der Waals surface area contributed by atoms with Crippen LogP contribution in [0.1, 0.15) is 10.4 Å². The van der Waals surface area contributed by atoms with E-state index < -0.39 is 0 Å². The van der Waals surface area contributed by atoms with Crippen molar-refractivity contribution in [2.24, 2.45) is 0 Å². The van der Waals surface area contributed by atoms with Gasteiger partial charge < -0.3 is 0 Å². The molecule has 0 aliphatic heterocycles. The maximum Gasteiger partial charge on any atom is 0.270 e. The van der Waals surface area contributed by atoms with E-state index in [0.717, 1.165) is 3.57 Å². The Kier molecular flexibility index (Phi) is 3.47. The lowest BCUT2D eigenvalue weighted by Crippen LogP contribution is -2.13. The molecule has 1 aromatic carbocycles. The molecule has 2 aromatic rings. The van der Waals surface area contributed by atoms with E-state index >= 15 is 0 Å². The van der Waals surface area contributed by atoms with Gasteiger partial charge in [0.1, 0.15) is 0 Å². The summed E-state index contributed by atoms with van der Waals surface area (Å²) in [7, 11) is 0. The number of amides is 1. The van der Waals surface area contributed by atoms with Crippen molar-refractivity contribution in [3.8, 4) is 0 Å². The van der Waals surface area contributed by atoms with E-state index in [4.69, 9.17) is 0 Å². The average Bonchev–Trinajstić information content (AvgIpc) is 2.77. The molecule has 7 heteroatoms. The van der Waals surface area contributed by atoms with E-state index in [9.17, 15) is 4.79 Å². The minimum atomic E-state index is -0.273. The summed E-state index contributed by atoms with van der Waals surface area (Å²) in [6.45, 7) is 3.48. The number of hydrogen-bond donors (Lipinski definition) is 1. The van der Waals surface area contributed by atoms with Crippen molar-refractivity contribution in [1.82, 2.24) is 20.2 Å². The summed E-state index contributed by atoms with van der Waals surface area (Å²) in [5, 5.41) is 13.7. The summed E-state index contributed by atoms with van der Waals surface area (Å²) in [4.78, 5) is 12.9. The molecule has 6 nitrogen and oxygen atoms in total. The van der Waals surface area contributed by atoms with Crippen LogP contribution in [0.25, 0.3) is 6.20 Å². The normalized spacial score (nSPS) is 9.94. The Morgan fingerprint density at radius 1 is 1.41 bits per heavy atom. The first kappa shape index (κ1) is 11.7. The number of carbonyl (C=O) groups is 1. The highest BCUT2D eigenvalue weighted by molar-refractivity contribution is 14.1. The molecule has 1 heterocycles. The zero-order valence-electron chi connectivity index (χ0n) is 8.67. The highest BCUT2D eigenvalue weighted by atomic mass is 127. The van der Waals surface area contributed by atoms with Gasteiger partial charge in [-0.3, -0.25) is 10.1 Å².